The van der Waals surface area contributed by atoms with Gasteiger partial charge in [0.1, 0.15) is 10.7 Å². The summed E-state index contributed by atoms with van der Waals surface area (Å²) in [6, 6.07) is 6.87. The largest absolute Gasteiger partial charge is 0.373 e. The van der Waals surface area contributed by atoms with Gasteiger partial charge in [-0.2, -0.15) is 0 Å². The number of nitrogens with one attached hydrogen (secondary N) is 1. The number of rotatable bonds is 4. The smallest absolute Gasteiger partial charge is 0.301 e. The molecule has 0 spiro atoms. The highest BCUT2D eigenvalue weighted by molar-refractivity contribution is 7.11. The van der Waals surface area contributed by atoms with Crippen molar-refractivity contribution in [2.45, 2.75) is 13.5 Å². The molecule has 3 aromatic rings. The van der Waals surface area contributed by atoms with Crippen LogP contribution >= 0.6 is 11.3 Å². The molecule has 6 nitrogen and oxygen atoms in total. The van der Waals surface area contributed by atoms with Gasteiger partial charge >= 0.3 is 5.69 Å². The Morgan fingerprint density at radius 1 is 1.33 bits per heavy atom. The molecule has 3 rings (SSSR count). The molecule has 7 heteroatoms. The van der Waals surface area contributed by atoms with Crippen molar-refractivity contribution in [2.24, 2.45) is 0 Å². The molecule has 21 heavy (non-hydrogen) atoms. The summed E-state index contributed by atoms with van der Waals surface area (Å²) in [6.07, 6.45) is 3.41. The number of nitro groups is 1. The lowest BCUT2D eigenvalue weighted by atomic mass is 10.1. The van der Waals surface area contributed by atoms with Crippen LogP contribution in [0.25, 0.3) is 10.9 Å². The number of aryl methyl sites for hydroxylation is 1. The number of benzene rings is 1. The van der Waals surface area contributed by atoms with Crippen LogP contribution in [-0.2, 0) is 6.54 Å². The lowest BCUT2D eigenvalue weighted by Crippen LogP contribution is -2.03. The maximum atomic E-state index is 11.4. The number of nitro benzene ring substituents is 1. The number of nitrogens with zero attached hydrogens (tertiary/aromatic N) is 3. The summed E-state index contributed by atoms with van der Waals surface area (Å²) >= 11 is 1.57. The van der Waals surface area contributed by atoms with Crippen molar-refractivity contribution in [2.75, 3.05) is 5.32 Å². The minimum atomic E-state index is -0.376. The fraction of sp³-hybridized carbons (Fsp3) is 0.143. The van der Waals surface area contributed by atoms with E-state index in [1.807, 2.05) is 6.92 Å². The summed E-state index contributed by atoms with van der Waals surface area (Å²) < 4.78 is 0. The lowest BCUT2D eigenvalue weighted by molar-refractivity contribution is -0.382. The quantitative estimate of drug-likeness (QED) is 0.589. The van der Waals surface area contributed by atoms with Gasteiger partial charge in [0.15, 0.2) is 0 Å². The van der Waals surface area contributed by atoms with E-state index in [-0.39, 0.29) is 10.6 Å². The number of pyridine rings is 1. The molecule has 0 saturated carbocycles. The number of hydrogen-bond acceptors (Lipinski definition) is 6. The van der Waals surface area contributed by atoms with Gasteiger partial charge in [-0.1, -0.05) is 0 Å². The van der Waals surface area contributed by atoms with Crippen LogP contribution in [0.5, 0.6) is 0 Å². The number of anilines is 1. The maximum absolute atomic E-state index is 11.4. The molecule has 0 atom stereocenters. The van der Waals surface area contributed by atoms with Crippen LogP contribution in [0.2, 0.25) is 0 Å². The third-order valence-electron chi connectivity index (χ3n) is 3.04. The Bertz CT molecular complexity index is 816. The van der Waals surface area contributed by atoms with E-state index < -0.39 is 0 Å². The van der Waals surface area contributed by atoms with E-state index in [9.17, 15) is 10.1 Å². The Morgan fingerprint density at radius 3 is 2.90 bits per heavy atom. The molecular formula is C14H12N4O2S. The van der Waals surface area contributed by atoms with Gasteiger partial charge in [0.25, 0.3) is 0 Å². The third-order valence-corrected chi connectivity index (χ3v) is 3.95. The molecule has 2 heterocycles. The van der Waals surface area contributed by atoms with Gasteiger partial charge in [-0.3, -0.25) is 15.1 Å². The monoisotopic (exact) mass is 300 g/mol. The summed E-state index contributed by atoms with van der Waals surface area (Å²) in [5.41, 5.74) is 1.14. The van der Waals surface area contributed by atoms with Crippen molar-refractivity contribution < 1.29 is 4.92 Å². The molecule has 0 radical (unpaired) electrons. The van der Waals surface area contributed by atoms with E-state index in [1.54, 1.807) is 48.0 Å². The minimum absolute atomic E-state index is 0.0499. The molecule has 2 aromatic heterocycles. The predicted octanol–water partition coefficient (Wildman–Crippen LogP) is 3.52. The molecule has 0 unspecified atom stereocenters. The van der Waals surface area contributed by atoms with Crippen molar-refractivity contribution in [3.05, 3.63) is 56.7 Å². The molecule has 0 fully saturated rings. The highest BCUT2D eigenvalue weighted by Crippen LogP contribution is 2.32. The molecule has 1 aromatic carbocycles. The highest BCUT2D eigenvalue weighted by atomic mass is 32.1. The first kappa shape index (κ1) is 13.4. The van der Waals surface area contributed by atoms with Crippen molar-refractivity contribution in [1.82, 2.24) is 9.97 Å². The Hall–Kier alpha value is -2.54. The normalized spacial score (nSPS) is 10.7. The van der Waals surface area contributed by atoms with E-state index in [0.717, 1.165) is 9.88 Å². The third kappa shape index (κ3) is 2.68. The zero-order valence-electron chi connectivity index (χ0n) is 11.2. The molecule has 0 aliphatic carbocycles. The topological polar surface area (TPSA) is 81.0 Å². The van der Waals surface area contributed by atoms with Gasteiger partial charge in [-0.05, 0) is 31.2 Å². The van der Waals surface area contributed by atoms with Crippen LogP contribution < -0.4 is 5.32 Å². The molecule has 0 bridgehead atoms. The van der Waals surface area contributed by atoms with Crippen LogP contribution in [0.1, 0.15) is 9.88 Å². The Labute approximate surface area is 124 Å². The average molecular weight is 300 g/mol. The number of hydrogen-bond donors (Lipinski definition) is 1. The molecule has 0 aliphatic rings. The summed E-state index contributed by atoms with van der Waals surface area (Å²) in [5.74, 6) is 0. The standard InChI is InChI=1S/C14H12N4O2S/c1-9-7-17-13(21-9)8-16-12-5-4-11-10(3-2-6-15-11)14(12)18(19)20/h2-7,16H,8H2,1H3. The number of fused-ring (bicyclic) bond motifs is 1. The van der Waals surface area contributed by atoms with Crippen LogP contribution in [0.3, 0.4) is 0 Å². The second-order valence-electron chi connectivity index (χ2n) is 4.51. The van der Waals surface area contributed by atoms with Gasteiger partial charge in [0.2, 0.25) is 0 Å². The second-order valence-corrected chi connectivity index (χ2v) is 5.83. The fourth-order valence-electron chi connectivity index (χ4n) is 2.13. The Kier molecular flexibility index (Phi) is 3.49. The highest BCUT2D eigenvalue weighted by Gasteiger charge is 2.18. The van der Waals surface area contributed by atoms with Crippen LogP contribution in [-0.4, -0.2) is 14.9 Å². The van der Waals surface area contributed by atoms with Gasteiger partial charge in [-0.25, -0.2) is 4.98 Å². The van der Waals surface area contributed by atoms with E-state index in [0.29, 0.717) is 23.1 Å². The van der Waals surface area contributed by atoms with E-state index in [4.69, 9.17) is 0 Å². The fourth-order valence-corrected chi connectivity index (χ4v) is 2.86. The zero-order valence-corrected chi connectivity index (χ0v) is 12.1. The average Bonchev–Trinajstić information content (AvgIpc) is 2.89. The van der Waals surface area contributed by atoms with Crippen LogP contribution in [0, 0.1) is 17.0 Å². The molecule has 0 saturated heterocycles. The summed E-state index contributed by atoms with van der Waals surface area (Å²) in [4.78, 5) is 20.5. The molecule has 1 N–H and O–H groups in total. The van der Waals surface area contributed by atoms with E-state index in [2.05, 4.69) is 15.3 Å². The van der Waals surface area contributed by atoms with Gasteiger partial charge in [-0.15, -0.1) is 11.3 Å². The van der Waals surface area contributed by atoms with Crippen LogP contribution in [0.4, 0.5) is 11.4 Å². The predicted molar refractivity (Wildman–Crippen MR) is 82.6 cm³/mol. The molecule has 106 valence electrons. The van der Waals surface area contributed by atoms with Gasteiger partial charge in [0.05, 0.1) is 22.4 Å². The Balaban J connectivity index is 1.97. The zero-order chi connectivity index (χ0) is 14.8. The Morgan fingerprint density at radius 2 is 2.19 bits per heavy atom. The van der Waals surface area contributed by atoms with Gasteiger partial charge < -0.3 is 5.32 Å². The number of aromatic nitrogens is 2. The first-order chi connectivity index (χ1) is 10.1. The van der Waals surface area contributed by atoms with Crippen LogP contribution in [0.15, 0.2) is 36.7 Å². The van der Waals surface area contributed by atoms with E-state index >= 15 is 0 Å². The van der Waals surface area contributed by atoms with Crippen molar-refractivity contribution >= 4 is 33.6 Å². The summed E-state index contributed by atoms with van der Waals surface area (Å²) in [5, 5.41) is 15.9. The van der Waals surface area contributed by atoms with Crippen molar-refractivity contribution in [3.63, 3.8) is 0 Å². The van der Waals surface area contributed by atoms with Crippen molar-refractivity contribution in [3.8, 4) is 0 Å². The molecule has 0 aliphatic heterocycles. The first-order valence-corrected chi connectivity index (χ1v) is 7.14. The lowest BCUT2D eigenvalue weighted by Gasteiger charge is -2.07. The summed E-state index contributed by atoms with van der Waals surface area (Å²) in [6.45, 7) is 2.44. The molecule has 0 amide bonds. The van der Waals surface area contributed by atoms with E-state index in [1.165, 1.54) is 0 Å². The van der Waals surface area contributed by atoms with Gasteiger partial charge in [0, 0.05) is 17.3 Å². The van der Waals surface area contributed by atoms with Crippen molar-refractivity contribution in [1.29, 1.82) is 0 Å². The molecular weight excluding hydrogens is 288 g/mol. The SMILES string of the molecule is Cc1cnc(CNc2ccc3ncccc3c2[N+](=O)[O-])s1. The minimum Gasteiger partial charge on any atom is -0.373 e. The first-order valence-electron chi connectivity index (χ1n) is 6.32. The maximum Gasteiger partial charge on any atom is 0.301 e. The number of thiazole rings is 1. The second kappa shape index (κ2) is 5.45. The summed E-state index contributed by atoms with van der Waals surface area (Å²) in [7, 11) is 0.